The molecular formula is C16H16BNO. The highest BCUT2D eigenvalue weighted by atomic mass is 16.5. The number of para-hydroxylation sites is 2. The van der Waals surface area contributed by atoms with Gasteiger partial charge in [-0.1, -0.05) is 36.4 Å². The molecule has 0 bridgehead atoms. The van der Waals surface area contributed by atoms with E-state index in [1.165, 1.54) is 23.6 Å². The van der Waals surface area contributed by atoms with Crippen molar-refractivity contribution in [3.05, 3.63) is 48.5 Å². The van der Waals surface area contributed by atoms with Crippen molar-refractivity contribution in [2.45, 2.75) is 12.8 Å². The highest BCUT2D eigenvalue weighted by molar-refractivity contribution is 6.21. The smallest absolute Gasteiger partial charge is 0.234 e. The first-order valence-electron chi connectivity index (χ1n) is 6.69. The van der Waals surface area contributed by atoms with Gasteiger partial charge in [-0.25, -0.2) is 0 Å². The van der Waals surface area contributed by atoms with Crippen molar-refractivity contribution in [3.8, 4) is 0 Å². The number of nitrogens with zero attached hydrogens (tertiary/aromatic N) is 1. The minimum atomic E-state index is 1.00. The number of benzene rings is 2. The molecule has 0 spiro atoms. The van der Waals surface area contributed by atoms with Crippen LogP contribution in [0, 0.1) is 0 Å². The highest BCUT2D eigenvalue weighted by Crippen LogP contribution is 2.26. The van der Waals surface area contributed by atoms with Crippen LogP contribution in [0.25, 0.3) is 21.8 Å². The molecule has 2 heterocycles. The predicted octanol–water partition coefficient (Wildman–Crippen LogP) is 3.52. The van der Waals surface area contributed by atoms with Crippen molar-refractivity contribution in [2.24, 2.45) is 0 Å². The zero-order valence-electron chi connectivity index (χ0n) is 10.9. The molecule has 2 nitrogen and oxygen atoms in total. The normalized spacial score (nSPS) is 14.5. The number of hydrogen-bond acceptors (Lipinski definition) is 1. The summed E-state index contributed by atoms with van der Waals surface area (Å²) in [4.78, 5) is 0. The van der Waals surface area contributed by atoms with Crippen LogP contribution in [0.15, 0.2) is 48.5 Å². The largest absolute Gasteiger partial charge is 0.397 e. The second kappa shape index (κ2) is 5.49. The van der Waals surface area contributed by atoms with E-state index in [0.29, 0.717) is 0 Å². The molecule has 4 rings (SSSR count). The third kappa shape index (κ3) is 2.38. The van der Waals surface area contributed by atoms with Gasteiger partial charge in [-0.2, -0.15) is 0 Å². The number of aromatic nitrogens is 1. The Morgan fingerprint density at radius 1 is 0.789 bits per heavy atom. The monoisotopic (exact) mass is 249 g/mol. The summed E-state index contributed by atoms with van der Waals surface area (Å²) in [6, 6.07) is 16.4. The van der Waals surface area contributed by atoms with Crippen LogP contribution < -0.4 is 0 Å². The molecule has 94 valence electrons. The van der Waals surface area contributed by atoms with E-state index in [0.717, 1.165) is 24.2 Å². The van der Waals surface area contributed by atoms with Crippen LogP contribution in [0.2, 0.25) is 0 Å². The molecule has 1 aromatic heterocycles. The quantitative estimate of drug-likeness (QED) is 0.556. The summed E-state index contributed by atoms with van der Waals surface area (Å²) >= 11 is 0. The summed E-state index contributed by atoms with van der Waals surface area (Å²) in [5.41, 5.74) is 2.16. The van der Waals surface area contributed by atoms with Gasteiger partial charge >= 0.3 is 0 Å². The molecule has 3 heteroatoms. The summed E-state index contributed by atoms with van der Waals surface area (Å²) in [5.74, 6) is 0. The topological polar surface area (TPSA) is 14.2 Å². The van der Waals surface area contributed by atoms with Crippen molar-refractivity contribution in [1.82, 2.24) is 4.48 Å². The molecular weight excluding hydrogens is 233 g/mol. The Balaban J connectivity index is 0.000000187. The van der Waals surface area contributed by atoms with Gasteiger partial charge in [0.2, 0.25) is 7.98 Å². The molecule has 19 heavy (non-hydrogen) atoms. The van der Waals surface area contributed by atoms with Gasteiger partial charge in [0.25, 0.3) is 0 Å². The van der Waals surface area contributed by atoms with Crippen molar-refractivity contribution < 1.29 is 4.74 Å². The maximum Gasteiger partial charge on any atom is 0.234 e. The van der Waals surface area contributed by atoms with Crippen LogP contribution >= 0.6 is 0 Å². The summed E-state index contributed by atoms with van der Waals surface area (Å²) in [6.07, 6.45) is 2.56. The highest BCUT2D eigenvalue weighted by Gasteiger charge is 2.04. The second-order valence-corrected chi connectivity index (χ2v) is 4.72. The molecule has 0 atom stereocenters. The fraction of sp³-hybridized carbons (Fsp3) is 0.250. The lowest BCUT2D eigenvalue weighted by Crippen LogP contribution is -1.88. The van der Waals surface area contributed by atoms with E-state index < -0.39 is 0 Å². The third-order valence-electron chi connectivity index (χ3n) is 3.44. The number of fused-ring (bicyclic) bond motifs is 3. The third-order valence-corrected chi connectivity index (χ3v) is 3.44. The molecule has 1 saturated heterocycles. The van der Waals surface area contributed by atoms with Crippen LogP contribution in [0.1, 0.15) is 12.8 Å². The summed E-state index contributed by atoms with van der Waals surface area (Å²) in [6.45, 7) is 2.00. The van der Waals surface area contributed by atoms with Crippen molar-refractivity contribution >= 4 is 29.8 Å². The van der Waals surface area contributed by atoms with Gasteiger partial charge in [-0.05, 0) is 25.0 Å². The molecule has 0 saturated carbocycles. The lowest BCUT2D eigenvalue weighted by molar-refractivity contribution is 0.198. The Labute approximate surface area is 114 Å². The van der Waals surface area contributed by atoms with E-state index in [9.17, 15) is 0 Å². The van der Waals surface area contributed by atoms with Crippen LogP contribution in [0.3, 0.4) is 0 Å². The zero-order valence-corrected chi connectivity index (χ0v) is 10.9. The van der Waals surface area contributed by atoms with Crippen LogP contribution in [0.5, 0.6) is 0 Å². The van der Waals surface area contributed by atoms with E-state index in [1.54, 1.807) is 4.48 Å². The van der Waals surface area contributed by atoms with Gasteiger partial charge in [0.1, 0.15) is 0 Å². The molecule has 1 aliphatic rings. The van der Waals surface area contributed by atoms with Crippen molar-refractivity contribution in [2.75, 3.05) is 13.2 Å². The molecule has 0 aliphatic carbocycles. The number of hydrogen-bond donors (Lipinski definition) is 0. The Hall–Kier alpha value is -1.74. The van der Waals surface area contributed by atoms with Gasteiger partial charge in [0, 0.05) is 35.0 Å². The average molecular weight is 249 g/mol. The minimum Gasteiger partial charge on any atom is -0.397 e. The maximum absolute atomic E-state index is 5.99. The fourth-order valence-corrected chi connectivity index (χ4v) is 2.46. The van der Waals surface area contributed by atoms with Gasteiger partial charge in [-0.15, -0.1) is 0 Å². The maximum atomic E-state index is 5.99. The van der Waals surface area contributed by atoms with E-state index in [4.69, 9.17) is 12.7 Å². The van der Waals surface area contributed by atoms with Gasteiger partial charge in [0.15, 0.2) is 0 Å². The Morgan fingerprint density at radius 3 is 1.68 bits per heavy atom. The van der Waals surface area contributed by atoms with Crippen LogP contribution in [0.4, 0.5) is 0 Å². The van der Waals surface area contributed by atoms with Crippen molar-refractivity contribution in [1.29, 1.82) is 0 Å². The van der Waals surface area contributed by atoms with E-state index in [-0.39, 0.29) is 0 Å². The lowest BCUT2D eigenvalue weighted by Gasteiger charge is -1.96. The standard InChI is InChI=1S/C12H8BN.C4H8O/c13-14-11-7-3-1-5-9(11)10-6-2-4-8-12(10)14;1-2-4-5-3-1/h1-8H;1-4H2. The molecule has 2 aromatic carbocycles. The van der Waals surface area contributed by atoms with Gasteiger partial charge in [-0.3, -0.25) is 0 Å². The Bertz CT molecular complexity index is 624. The molecule has 0 N–H and O–H groups in total. The lowest BCUT2D eigenvalue weighted by atomic mass is 10.2. The van der Waals surface area contributed by atoms with Crippen molar-refractivity contribution in [3.63, 3.8) is 0 Å². The van der Waals surface area contributed by atoms with E-state index in [1.807, 2.05) is 36.4 Å². The first-order chi connectivity index (χ1) is 9.38. The van der Waals surface area contributed by atoms with Crippen LogP contribution in [-0.2, 0) is 4.74 Å². The van der Waals surface area contributed by atoms with Gasteiger partial charge < -0.3 is 9.21 Å². The number of rotatable bonds is 0. The molecule has 3 aromatic rings. The summed E-state index contributed by atoms with van der Waals surface area (Å²) < 4.78 is 6.69. The van der Waals surface area contributed by atoms with Gasteiger partial charge in [0.05, 0.1) is 0 Å². The Morgan fingerprint density at radius 2 is 1.26 bits per heavy atom. The molecule has 1 fully saturated rings. The van der Waals surface area contributed by atoms with E-state index >= 15 is 0 Å². The molecule has 1 aliphatic heterocycles. The van der Waals surface area contributed by atoms with Crippen LogP contribution in [-0.4, -0.2) is 25.7 Å². The SMILES string of the molecule is C1CCOC1.[B]n1c2ccccc2c2ccccc21. The minimum absolute atomic E-state index is 1.00. The Kier molecular flexibility index (Phi) is 3.56. The predicted molar refractivity (Wildman–Crippen MR) is 80.6 cm³/mol. The molecule has 0 unspecified atom stereocenters. The first kappa shape index (κ1) is 12.3. The summed E-state index contributed by atoms with van der Waals surface area (Å²) in [5, 5.41) is 2.43. The van der Waals surface area contributed by atoms with E-state index in [2.05, 4.69) is 12.1 Å². The zero-order chi connectivity index (χ0) is 13.1. The first-order valence-corrected chi connectivity index (χ1v) is 6.69. The average Bonchev–Trinajstić information content (AvgIpc) is 3.12. The number of ether oxygens (including phenoxy) is 1. The molecule has 0 amide bonds. The fourth-order valence-electron chi connectivity index (χ4n) is 2.46. The summed E-state index contributed by atoms with van der Waals surface area (Å²) in [7, 11) is 5.99. The molecule has 2 radical (unpaired) electrons. The second-order valence-electron chi connectivity index (χ2n) is 4.72.